The number of piperazine rings is 1. The predicted octanol–water partition coefficient (Wildman–Crippen LogP) is 1.46. The normalized spacial score (nSPS) is 16.1. The van der Waals surface area contributed by atoms with Gasteiger partial charge >= 0.3 is 0 Å². The molecule has 5 nitrogen and oxygen atoms in total. The highest BCUT2D eigenvalue weighted by atomic mass is 32.1. The maximum Gasteiger partial charge on any atom is 0.266 e. The van der Waals surface area contributed by atoms with Gasteiger partial charge in [-0.2, -0.15) is 0 Å². The van der Waals surface area contributed by atoms with E-state index < -0.39 is 0 Å². The highest BCUT2D eigenvalue weighted by Crippen LogP contribution is 2.26. The van der Waals surface area contributed by atoms with Crippen LogP contribution >= 0.6 is 11.3 Å². The number of amides is 1. The second-order valence-electron chi connectivity index (χ2n) is 4.96. The fraction of sp³-hybridized carbons (Fsp3) is 0.692. The van der Waals surface area contributed by atoms with Crippen LogP contribution in [0.5, 0.6) is 0 Å². The summed E-state index contributed by atoms with van der Waals surface area (Å²) in [5.41, 5.74) is 0.778. The largest absolute Gasteiger partial charge is 0.378 e. The van der Waals surface area contributed by atoms with Crippen LogP contribution in [-0.4, -0.2) is 49.1 Å². The Morgan fingerprint density at radius 3 is 2.74 bits per heavy atom. The van der Waals surface area contributed by atoms with Gasteiger partial charge in [-0.05, 0) is 0 Å². The zero-order valence-corrected chi connectivity index (χ0v) is 12.5. The molecule has 1 saturated heterocycles. The van der Waals surface area contributed by atoms with Crippen LogP contribution in [0.25, 0.3) is 0 Å². The van der Waals surface area contributed by atoms with Crippen LogP contribution in [0.1, 0.15) is 40.1 Å². The first-order chi connectivity index (χ1) is 9.13. The third-order valence-corrected chi connectivity index (χ3v) is 4.47. The smallest absolute Gasteiger partial charge is 0.266 e. The Bertz CT molecular complexity index is 439. The number of hydrogen-bond acceptors (Lipinski definition) is 5. The Morgan fingerprint density at radius 1 is 1.47 bits per heavy atom. The van der Waals surface area contributed by atoms with E-state index in [0.717, 1.165) is 41.8 Å². The molecule has 1 aliphatic rings. The first-order valence-corrected chi connectivity index (χ1v) is 7.43. The maximum absolute atomic E-state index is 12.5. The standard InChI is InChI=1S/C13H21N3O2S/c1-9(2)12-15-10(8-18-3)11(19-12)13(17)16-6-4-14-5-7-16/h9,14H,4-8H2,1-3H3. The molecule has 2 heterocycles. The minimum atomic E-state index is 0.0953. The number of rotatable bonds is 4. The summed E-state index contributed by atoms with van der Waals surface area (Å²) in [4.78, 5) is 19.7. The van der Waals surface area contributed by atoms with Crippen molar-refractivity contribution in [2.45, 2.75) is 26.4 Å². The third-order valence-electron chi connectivity index (χ3n) is 3.09. The highest BCUT2D eigenvalue weighted by molar-refractivity contribution is 7.13. The SMILES string of the molecule is COCc1nc(C(C)C)sc1C(=O)N1CCNCC1. The maximum atomic E-state index is 12.5. The summed E-state index contributed by atoms with van der Waals surface area (Å²) in [6.45, 7) is 7.84. The lowest BCUT2D eigenvalue weighted by molar-refractivity contribution is 0.0735. The molecular weight excluding hydrogens is 262 g/mol. The number of methoxy groups -OCH3 is 1. The van der Waals surface area contributed by atoms with E-state index in [1.165, 1.54) is 11.3 Å². The van der Waals surface area contributed by atoms with Crippen molar-refractivity contribution in [3.63, 3.8) is 0 Å². The van der Waals surface area contributed by atoms with Crippen LogP contribution in [0.15, 0.2) is 0 Å². The Balaban J connectivity index is 2.23. The van der Waals surface area contributed by atoms with Crippen LogP contribution in [-0.2, 0) is 11.3 Å². The first-order valence-electron chi connectivity index (χ1n) is 6.62. The minimum absolute atomic E-state index is 0.0953. The number of carbonyl (C=O) groups is 1. The Morgan fingerprint density at radius 2 is 2.16 bits per heavy atom. The molecule has 0 atom stereocenters. The van der Waals surface area contributed by atoms with Crippen molar-refractivity contribution >= 4 is 17.2 Å². The number of carbonyl (C=O) groups excluding carboxylic acids is 1. The van der Waals surface area contributed by atoms with Crippen molar-refractivity contribution in [3.05, 3.63) is 15.6 Å². The van der Waals surface area contributed by atoms with Crippen LogP contribution in [0.3, 0.4) is 0 Å². The molecule has 1 aromatic rings. The van der Waals surface area contributed by atoms with Crippen molar-refractivity contribution in [3.8, 4) is 0 Å². The van der Waals surface area contributed by atoms with Gasteiger partial charge in [0, 0.05) is 39.2 Å². The average molecular weight is 283 g/mol. The number of nitrogens with zero attached hydrogens (tertiary/aromatic N) is 2. The second kappa shape index (κ2) is 6.45. The van der Waals surface area contributed by atoms with Gasteiger partial charge in [-0.15, -0.1) is 11.3 Å². The molecule has 1 aromatic heterocycles. The number of aromatic nitrogens is 1. The molecule has 0 aromatic carbocycles. The molecule has 1 aliphatic heterocycles. The van der Waals surface area contributed by atoms with Gasteiger partial charge in [-0.3, -0.25) is 4.79 Å². The van der Waals surface area contributed by atoms with Crippen LogP contribution in [0, 0.1) is 0 Å². The van der Waals surface area contributed by atoms with Crippen molar-refractivity contribution in [2.75, 3.05) is 33.3 Å². The summed E-state index contributed by atoms with van der Waals surface area (Å²) < 4.78 is 5.16. The van der Waals surface area contributed by atoms with Gasteiger partial charge in [0.15, 0.2) is 0 Å². The lowest BCUT2D eigenvalue weighted by Gasteiger charge is -2.27. The quantitative estimate of drug-likeness (QED) is 0.909. The van der Waals surface area contributed by atoms with Gasteiger partial charge in [0.25, 0.3) is 5.91 Å². The molecule has 106 valence electrons. The van der Waals surface area contributed by atoms with Gasteiger partial charge in [0.2, 0.25) is 0 Å². The van der Waals surface area contributed by atoms with Gasteiger partial charge in [-0.25, -0.2) is 4.98 Å². The van der Waals surface area contributed by atoms with Gasteiger partial charge in [0.05, 0.1) is 17.3 Å². The van der Waals surface area contributed by atoms with E-state index in [-0.39, 0.29) is 5.91 Å². The molecule has 2 rings (SSSR count). The molecule has 0 unspecified atom stereocenters. The summed E-state index contributed by atoms with van der Waals surface area (Å²) in [5.74, 6) is 0.433. The predicted molar refractivity (Wildman–Crippen MR) is 75.7 cm³/mol. The molecule has 1 N–H and O–H groups in total. The molecule has 0 radical (unpaired) electrons. The Labute approximate surface area is 118 Å². The van der Waals surface area contributed by atoms with Crippen molar-refractivity contribution in [1.82, 2.24) is 15.2 Å². The average Bonchev–Trinajstić information content (AvgIpc) is 2.84. The molecule has 0 saturated carbocycles. The monoisotopic (exact) mass is 283 g/mol. The van der Waals surface area contributed by atoms with Gasteiger partial charge in [-0.1, -0.05) is 13.8 Å². The molecule has 1 fully saturated rings. The van der Waals surface area contributed by atoms with Gasteiger partial charge in [0.1, 0.15) is 4.88 Å². The third kappa shape index (κ3) is 3.32. The summed E-state index contributed by atoms with van der Waals surface area (Å²) in [6.07, 6.45) is 0. The minimum Gasteiger partial charge on any atom is -0.378 e. The Hall–Kier alpha value is -0.980. The summed E-state index contributed by atoms with van der Waals surface area (Å²) in [5, 5.41) is 4.26. The molecule has 0 spiro atoms. The molecule has 1 amide bonds. The molecular formula is C13H21N3O2S. The first kappa shape index (κ1) is 14.4. The lowest BCUT2D eigenvalue weighted by atomic mass is 10.2. The Kier molecular flexibility index (Phi) is 4.90. The number of hydrogen-bond donors (Lipinski definition) is 1. The number of nitrogens with one attached hydrogen (secondary N) is 1. The highest BCUT2D eigenvalue weighted by Gasteiger charge is 2.24. The van der Waals surface area contributed by atoms with Crippen LogP contribution in [0.4, 0.5) is 0 Å². The van der Waals surface area contributed by atoms with E-state index in [1.54, 1.807) is 7.11 Å². The molecule has 0 bridgehead atoms. The van der Waals surface area contributed by atoms with Crippen molar-refractivity contribution in [2.24, 2.45) is 0 Å². The van der Waals surface area contributed by atoms with E-state index in [1.807, 2.05) is 4.90 Å². The molecule has 19 heavy (non-hydrogen) atoms. The van der Waals surface area contributed by atoms with Crippen LogP contribution in [0.2, 0.25) is 0 Å². The van der Waals surface area contributed by atoms with Gasteiger partial charge < -0.3 is 15.0 Å². The van der Waals surface area contributed by atoms with Crippen molar-refractivity contribution < 1.29 is 9.53 Å². The number of ether oxygens (including phenoxy) is 1. The molecule has 0 aliphatic carbocycles. The van der Waals surface area contributed by atoms with E-state index in [2.05, 4.69) is 24.1 Å². The summed E-state index contributed by atoms with van der Waals surface area (Å²) in [6, 6.07) is 0. The lowest BCUT2D eigenvalue weighted by Crippen LogP contribution is -2.46. The zero-order valence-electron chi connectivity index (χ0n) is 11.7. The second-order valence-corrected chi connectivity index (χ2v) is 5.99. The number of thiazole rings is 1. The van der Waals surface area contributed by atoms with E-state index >= 15 is 0 Å². The fourth-order valence-electron chi connectivity index (χ4n) is 2.03. The summed E-state index contributed by atoms with van der Waals surface area (Å²) in [7, 11) is 1.63. The zero-order chi connectivity index (χ0) is 13.8. The van der Waals surface area contributed by atoms with E-state index in [4.69, 9.17) is 4.74 Å². The molecule has 6 heteroatoms. The topological polar surface area (TPSA) is 54.5 Å². The van der Waals surface area contributed by atoms with E-state index in [9.17, 15) is 4.79 Å². The van der Waals surface area contributed by atoms with Crippen molar-refractivity contribution in [1.29, 1.82) is 0 Å². The fourth-order valence-corrected chi connectivity index (χ4v) is 3.07. The van der Waals surface area contributed by atoms with E-state index in [0.29, 0.717) is 12.5 Å². The summed E-state index contributed by atoms with van der Waals surface area (Å²) >= 11 is 1.51. The van der Waals surface area contributed by atoms with Crippen LogP contribution < -0.4 is 5.32 Å².